The minimum absolute atomic E-state index is 0.367. The summed E-state index contributed by atoms with van der Waals surface area (Å²) in [4.78, 5) is 0. The summed E-state index contributed by atoms with van der Waals surface area (Å²) in [5.74, 6) is 0.785. The van der Waals surface area contributed by atoms with Crippen molar-refractivity contribution in [3.8, 4) is 0 Å². The van der Waals surface area contributed by atoms with Gasteiger partial charge in [0.2, 0.25) is 0 Å². The highest BCUT2D eigenvalue weighted by atomic mass is 15.0. The Labute approximate surface area is 108 Å². The van der Waals surface area contributed by atoms with E-state index in [4.69, 9.17) is 5.73 Å². The van der Waals surface area contributed by atoms with Crippen molar-refractivity contribution in [2.24, 2.45) is 11.7 Å². The van der Waals surface area contributed by atoms with Crippen LogP contribution in [0, 0.1) is 5.92 Å². The van der Waals surface area contributed by atoms with E-state index in [9.17, 15) is 0 Å². The van der Waals surface area contributed by atoms with E-state index in [-0.39, 0.29) is 0 Å². The van der Waals surface area contributed by atoms with Crippen LogP contribution in [0.1, 0.15) is 72.1 Å². The lowest BCUT2D eigenvalue weighted by Crippen LogP contribution is -2.45. The second-order valence-electron chi connectivity index (χ2n) is 6.52. The SMILES string of the molecule is CC(N)CCCC(C)CNC1(C)CCCCC1. The van der Waals surface area contributed by atoms with E-state index >= 15 is 0 Å². The van der Waals surface area contributed by atoms with Crippen molar-refractivity contribution in [3.05, 3.63) is 0 Å². The molecule has 2 heteroatoms. The molecule has 1 rings (SSSR count). The van der Waals surface area contributed by atoms with E-state index in [0.717, 1.165) is 5.92 Å². The normalized spacial score (nSPS) is 23.3. The molecule has 1 fully saturated rings. The molecule has 0 heterocycles. The van der Waals surface area contributed by atoms with Gasteiger partial charge < -0.3 is 11.1 Å². The van der Waals surface area contributed by atoms with Crippen LogP contribution < -0.4 is 11.1 Å². The van der Waals surface area contributed by atoms with Gasteiger partial charge in [0.1, 0.15) is 0 Å². The fourth-order valence-corrected chi connectivity index (χ4v) is 2.82. The number of hydrogen-bond acceptors (Lipinski definition) is 2. The molecule has 0 aromatic heterocycles. The molecule has 1 saturated carbocycles. The molecule has 0 radical (unpaired) electrons. The van der Waals surface area contributed by atoms with Gasteiger partial charge in [-0.05, 0) is 52.0 Å². The van der Waals surface area contributed by atoms with Gasteiger partial charge in [0, 0.05) is 11.6 Å². The topological polar surface area (TPSA) is 38.0 Å². The third-order valence-corrected chi connectivity index (χ3v) is 4.19. The maximum Gasteiger partial charge on any atom is 0.0153 e. The average Bonchev–Trinajstić information content (AvgIpc) is 2.27. The lowest BCUT2D eigenvalue weighted by atomic mass is 9.83. The molecule has 2 atom stereocenters. The molecule has 0 saturated heterocycles. The van der Waals surface area contributed by atoms with Crippen molar-refractivity contribution >= 4 is 0 Å². The van der Waals surface area contributed by atoms with Gasteiger partial charge in [0.15, 0.2) is 0 Å². The van der Waals surface area contributed by atoms with Crippen molar-refractivity contribution in [1.29, 1.82) is 0 Å². The van der Waals surface area contributed by atoms with Crippen LogP contribution in [-0.2, 0) is 0 Å². The monoisotopic (exact) mass is 240 g/mol. The highest BCUT2D eigenvalue weighted by Gasteiger charge is 2.26. The van der Waals surface area contributed by atoms with Crippen molar-refractivity contribution < 1.29 is 0 Å². The van der Waals surface area contributed by atoms with E-state index in [0.29, 0.717) is 11.6 Å². The third kappa shape index (κ3) is 6.42. The fraction of sp³-hybridized carbons (Fsp3) is 1.00. The Balaban J connectivity index is 2.11. The van der Waals surface area contributed by atoms with Gasteiger partial charge in [0.25, 0.3) is 0 Å². The quantitative estimate of drug-likeness (QED) is 0.715. The molecule has 2 nitrogen and oxygen atoms in total. The molecule has 1 aliphatic carbocycles. The Bertz CT molecular complexity index is 195. The lowest BCUT2D eigenvalue weighted by molar-refractivity contribution is 0.240. The molecule has 0 spiro atoms. The number of nitrogens with two attached hydrogens (primary N) is 1. The zero-order chi connectivity index (χ0) is 12.7. The second-order valence-corrected chi connectivity index (χ2v) is 6.52. The molecule has 17 heavy (non-hydrogen) atoms. The van der Waals surface area contributed by atoms with E-state index in [1.807, 2.05) is 0 Å². The summed E-state index contributed by atoms with van der Waals surface area (Å²) in [6, 6.07) is 0.367. The van der Waals surface area contributed by atoms with Crippen molar-refractivity contribution in [2.75, 3.05) is 6.54 Å². The zero-order valence-corrected chi connectivity index (χ0v) is 12.1. The average molecular weight is 240 g/mol. The van der Waals surface area contributed by atoms with E-state index < -0.39 is 0 Å². The van der Waals surface area contributed by atoms with Gasteiger partial charge in [-0.2, -0.15) is 0 Å². The number of rotatable bonds is 7. The molecule has 0 aromatic carbocycles. The van der Waals surface area contributed by atoms with Crippen molar-refractivity contribution in [3.63, 3.8) is 0 Å². The first-order valence-electron chi connectivity index (χ1n) is 7.52. The van der Waals surface area contributed by atoms with Crippen LogP contribution in [0.25, 0.3) is 0 Å². The van der Waals surface area contributed by atoms with E-state index in [2.05, 4.69) is 26.1 Å². The van der Waals surface area contributed by atoms with Crippen LogP contribution in [0.2, 0.25) is 0 Å². The van der Waals surface area contributed by atoms with Gasteiger partial charge in [0.05, 0.1) is 0 Å². The van der Waals surface area contributed by atoms with E-state index in [1.54, 1.807) is 0 Å². The smallest absolute Gasteiger partial charge is 0.0153 e. The first-order valence-corrected chi connectivity index (χ1v) is 7.52. The molecule has 0 amide bonds. The number of nitrogens with one attached hydrogen (secondary N) is 1. The van der Waals surface area contributed by atoms with Crippen LogP contribution in [-0.4, -0.2) is 18.1 Å². The number of hydrogen-bond donors (Lipinski definition) is 2. The molecule has 2 unspecified atom stereocenters. The summed E-state index contributed by atoms with van der Waals surface area (Å²) in [6.45, 7) is 8.04. The minimum atomic E-state index is 0.367. The first kappa shape index (κ1) is 15.0. The summed E-state index contributed by atoms with van der Waals surface area (Å²) in [5.41, 5.74) is 6.20. The minimum Gasteiger partial charge on any atom is -0.328 e. The second kappa shape index (κ2) is 7.38. The Morgan fingerprint density at radius 1 is 1.12 bits per heavy atom. The Hall–Kier alpha value is -0.0800. The molecule has 1 aliphatic rings. The van der Waals surface area contributed by atoms with Crippen LogP contribution in [0.3, 0.4) is 0 Å². The van der Waals surface area contributed by atoms with Crippen molar-refractivity contribution in [1.82, 2.24) is 5.32 Å². The highest BCUT2D eigenvalue weighted by molar-refractivity contribution is 4.86. The summed E-state index contributed by atoms with van der Waals surface area (Å²) in [5, 5.41) is 3.80. The van der Waals surface area contributed by atoms with Crippen LogP contribution >= 0.6 is 0 Å². The Morgan fingerprint density at radius 3 is 2.35 bits per heavy atom. The molecular formula is C15H32N2. The summed E-state index contributed by atoms with van der Waals surface area (Å²) in [7, 11) is 0. The predicted molar refractivity (Wildman–Crippen MR) is 76.2 cm³/mol. The maximum absolute atomic E-state index is 5.77. The largest absolute Gasteiger partial charge is 0.328 e. The molecule has 0 aromatic rings. The highest BCUT2D eigenvalue weighted by Crippen LogP contribution is 2.27. The first-order chi connectivity index (χ1) is 8.02. The van der Waals surface area contributed by atoms with Gasteiger partial charge >= 0.3 is 0 Å². The molecular weight excluding hydrogens is 208 g/mol. The lowest BCUT2D eigenvalue weighted by Gasteiger charge is -2.35. The third-order valence-electron chi connectivity index (χ3n) is 4.19. The standard InChI is InChI=1S/C15H32N2/c1-13(8-7-9-14(2)16)12-17-15(3)10-5-4-6-11-15/h13-14,17H,4-12,16H2,1-3H3. The molecule has 0 aliphatic heterocycles. The van der Waals surface area contributed by atoms with Gasteiger partial charge in [-0.1, -0.05) is 32.6 Å². The molecule has 3 N–H and O–H groups in total. The maximum atomic E-state index is 5.77. The van der Waals surface area contributed by atoms with Crippen molar-refractivity contribution in [2.45, 2.75) is 83.7 Å². The van der Waals surface area contributed by atoms with Crippen LogP contribution in [0.5, 0.6) is 0 Å². The molecule has 102 valence electrons. The Kier molecular flexibility index (Phi) is 6.50. The molecule has 0 bridgehead atoms. The Morgan fingerprint density at radius 2 is 1.76 bits per heavy atom. The zero-order valence-electron chi connectivity index (χ0n) is 12.1. The van der Waals surface area contributed by atoms with Gasteiger partial charge in [-0.3, -0.25) is 0 Å². The van der Waals surface area contributed by atoms with E-state index in [1.165, 1.54) is 57.9 Å². The summed E-state index contributed by atoms with van der Waals surface area (Å²) in [6.07, 6.45) is 10.7. The van der Waals surface area contributed by atoms with Crippen LogP contribution in [0.4, 0.5) is 0 Å². The predicted octanol–water partition coefficient (Wildman–Crippen LogP) is 3.45. The van der Waals surface area contributed by atoms with Gasteiger partial charge in [-0.25, -0.2) is 0 Å². The fourth-order valence-electron chi connectivity index (χ4n) is 2.82. The summed E-state index contributed by atoms with van der Waals surface area (Å²) < 4.78 is 0. The van der Waals surface area contributed by atoms with Gasteiger partial charge in [-0.15, -0.1) is 0 Å². The van der Waals surface area contributed by atoms with Crippen LogP contribution in [0.15, 0.2) is 0 Å². The summed E-state index contributed by atoms with van der Waals surface area (Å²) >= 11 is 0.